The monoisotopic (exact) mass is 395 g/mol. The number of hydrogen-bond donors (Lipinski definition) is 4. The lowest BCUT2D eigenvalue weighted by Gasteiger charge is -2.09. The van der Waals surface area contributed by atoms with Crippen molar-refractivity contribution in [2.24, 2.45) is 4.99 Å². The summed E-state index contributed by atoms with van der Waals surface area (Å²) in [6.45, 7) is 0.0896. The van der Waals surface area contributed by atoms with E-state index < -0.39 is 18.6 Å². The maximum Gasteiger partial charge on any atom is 0.255 e. The smallest absolute Gasteiger partial charge is 0.255 e. The van der Waals surface area contributed by atoms with Gasteiger partial charge >= 0.3 is 0 Å². The summed E-state index contributed by atoms with van der Waals surface area (Å²) >= 11 is 1.38. The number of nitrogens with one attached hydrogen (secondary N) is 2. The molecule has 1 unspecified atom stereocenters. The summed E-state index contributed by atoms with van der Waals surface area (Å²) in [4.78, 5) is 16.0. The minimum atomic E-state index is -1.46. The lowest BCUT2D eigenvalue weighted by atomic mass is 10.1. The molecule has 2 aromatic carbocycles. The summed E-state index contributed by atoms with van der Waals surface area (Å²) in [5.41, 5.74) is 4.49. The number of nitrogens with zero attached hydrogens (tertiary/aromatic N) is 3. The van der Waals surface area contributed by atoms with Crippen molar-refractivity contribution in [1.29, 1.82) is 0 Å². The van der Waals surface area contributed by atoms with E-state index in [-0.39, 0.29) is 0 Å². The van der Waals surface area contributed by atoms with Gasteiger partial charge in [-0.05, 0) is 35.4 Å². The van der Waals surface area contributed by atoms with Crippen molar-refractivity contribution >= 4 is 40.0 Å². The van der Waals surface area contributed by atoms with Crippen LogP contribution in [0.2, 0.25) is 0 Å². The van der Waals surface area contributed by atoms with E-state index in [0.717, 1.165) is 23.4 Å². The summed E-state index contributed by atoms with van der Waals surface area (Å²) in [5, 5.41) is 33.7. The van der Waals surface area contributed by atoms with Gasteiger partial charge in [0.15, 0.2) is 6.10 Å². The number of hydrogen-bond acceptors (Lipinski definition) is 8. The van der Waals surface area contributed by atoms with Crippen LogP contribution in [0.1, 0.15) is 11.1 Å². The van der Waals surface area contributed by atoms with Crippen molar-refractivity contribution in [2.75, 3.05) is 17.2 Å². The van der Waals surface area contributed by atoms with E-state index in [0.29, 0.717) is 15.8 Å². The number of carbonyl (C=O) groups excluding carboxylic acids is 1. The second-order valence-corrected chi connectivity index (χ2v) is 7.17. The molecule has 0 spiro atoms. The van der Waals surface area contributed by atoms with Gasteiger partial charge in [-0.1, -0.05) is 29.5 Å². The Morgan fingerprint density at radius 3 is 2.93 bits per heavy atom. The molecule has 0 saturated heterocycles. The van der Waals surface area contributed by atoms with Gasteiger partial charge in [0.1, 0.15) is 5.01 Å². The quantitative estimate of drug-likeness (QED) is 0.508. The first-order valence-corrected chi connectivity index (χ1v) is 9.37. The van der Waals surface area contributed by atoms with Crippen LogP contribution < -0.4 is 10.6 Å². The number of anilines is 3. The molecular formula is C19H17N5O3S. The molecule has 1 atom stereocenters. The Balaban J connectivity index is 1.49. The Labute approximate surface area is 164 Å². The maximum atomic E-state index is 11.7. The molecule has 142 valence electrons. The van der Waals surface area contributed by atoms with Crippen molar-refractivity contribution < 1.29 is 15.0 Å². The third kappa shape index (κ3) is 3.91. The Bertz CT molecular complexity index is 1050. The molecule has 4 rings (SSSR count). The first-order chi connectivity index (χ1) is 13.6. The largest absolute Gasteiger partial charge is 0.393 e. The summed E-state index contributed by atoms with van der Waals surface area (Å²) < 4.78 is 0. The molecule has 0 bridgehead atoms. The van der Waals surface area contributed by atoms with Gasteiger partial charge in [0.05, 0.1) is 13.2 Å². The Morgan fingerprint density at radius 2 is 2.07 bits per heavy atom. The first-order valence-electron chi connectivity index (χ1n) is 8.56. The molecule has 0 aliphatic carbocycles. The summed E-state index contributed by atoms with van der Waals surface area (Å²) in [6, 6.07) is 13.1. The number of rotatable bonds is 6. The van der Waals surface area contributed by atoms with Gasteiger partial charge in [0.2, 0.25) is 5.13 Å². The highest BCUT2D eigenvalue weighted by Crippen LogP contribution is 2.30. The highest BCUT2D eigenvalue weighted by molar-refractivity contribution is 7.18. The van der Waals surface area contributed by atoms with Crippen LogP contribution in [-0.2, 0) is 11.3 Å². The van der Waals surface area contributed by atoms with Gasteiger partial charge in [-0.3, -0.25) is 9.79 Å². The SMILES string of the molecule is O=C(Nc1cccc(-c2nnc(Nc3ccc4c(c3)C=NC4)s2)c1)C(O)CO. The van der Waals surface area contributed by atoms with E-state index in [9.17, 15) is 9.90 Å². The van der Waals surface area contributed by atoms with Gasteiger partial charge in [0, 0.05) is 23.2 Å². The standard InChI is InChI=1S/C19H17N5O3S/c25-10-16(26)17(27)21-14-3-1-2-11(6-14)18-23-24-19(28-18)22-15-5-4-12-8-20-9-13(12)7-15/h1-7,9,16,25-26H,8,10H2,(H,21,27)(H,22,24). The molecule has 2 heterocycles. The molecule has 4 N–H and O–H groups in total. The van der Waals surface area contributed by atoms with Gasteiger partial charge in [0.25, 0.3) is 5.91 Å². The Hall–Kier alpha value is -3.14. The fourth-order valence-corrected chi connectivity index (χ4v) is 3.49. The van der Waals surface area contributed by atoms with Crippen LogP contribution in [0.4, 0.5) is 16.5 Å². The van der Waals surface area contributed by atoms with E-state index in [4.69, 9.17) is 5.11 Å². The number of aliphatic hydroxyl groups excluding tert-OH is 2. The molecule has 3 aromatic rings. The Kier molecular flexibility index (Phi) is 5.11. The highest BCUT2D eigenvalue weighted by Gasteiger charge is 2.14. The zero-order chi connectivity index (χ0) is 19.5. The third-order valence-electron chi connectivity index (χ3n) is 4.17. The second kappa shape index (κ2) is 7.85. The molecule has 1 aliphatic heterocycles. The van der Waals surface area contributed by atoms with Gasteiger partial charge in [-0.25, -0.2) is 0 Å². The molecule has 0 fully saturated rings. The molecule has 1 aliphatic rings. The zero-order valence-electron chi connectivity index (χ0n) is 14.7. The minimum Gasteiger partial charge on any atom is -0.393 e. The zero-order valence-corrected chi connectivity index (χ0v) is 15.5. The lowest BCUT2D eigenvalue weighted by Crippen LogP contribution is -2.30. The molecule has 1 amide bonds. The molecule has 8 nitrogen and oxygen atoms in total. The summed E-state index contributed by atoms with van der Waals surface area (Å²) in [6.07, 6.45) is 0.401. The number of benzene rings is 2. The van der Waals surface area contributed by atoms with Crippen LogP contribution in [-0.4, -0.2) is 45.2 Å². The Morgan fingerprint density at radius 1 is 1.18 bits per heavy atom. The van der Waals surface area contributed by atoms with E-state index in [1.165, 1.54) is 16.9 Å². The molecule has 0 radical (unpaired) electrons. The van der Waals surface area contributed by atoms with Crippen molar-refractivity contribution in [1.82, 2.24) is 10.2 Å². The predicted octanol–water partition coefficient (Wildman–Crippen LogP) is 2.17. The summed E-state index contributed by atoms with van der Waals surface area (Å²) in [5.74, 6) is -0.667. The fraction of sp³-hybridized carbons (Fsp3) is 0.158. The van der Waals surface area contributed by atoms with E-state index >= 15 is 0 Å². The van der Waals surface area contributed by atoms with Gasteiger partial charge in [-0.2, -0.15) is 0 Å². The van der Waals surface area contributed by atoms with E-state index in [2.05, 4.69) is 25.8 Å². The fourth-order valence-electron chi connectivity index (χ4n) is 2.73. The third-order valence-corrected chi connectivity index (χ3v) is 5.05. The summed E-state index contributed by atoms with van der Waals surface area (Å²) in [7, 11) is 0. The highest BCUT2D eigenvalue weighted by atomic mass is 32.1. The number of aliphatic imine (C=N–C) groups is 1. The van der Waals surface area contributed by atoms with Crippen molar-refractivity contribution in [3.63, 3.8) is 0 Å². The van der Waals surface area contributed by atoms with Crippen LogP contribution in [0.5, 0.6) is 0 Å². The van der Waals surface area contributed by atoms with Crippen LogP contribution >= 0.6 is 11.3 Å². The van der Waals surface area contributed by atoms with Crippen molar-refractivity contribution in [2.45, 2.75) is 12.6 Å². The number of carbonyl (C=O) groups is 1. The topological polar surface area (TPSA) is 120 Å². The normalized spacial score (nSPS) is 13.2. The van der Waals surface area contributed by atoms with Gasteiger partial charge < -0.3 is 20.8 Å². The first kappa shape index (κ1) is 18.2. The van der Waals surface area contributed by atoms with Crippen LogP contribution in [0.25, 0.3) is 10.6 Å². The molecule has 9 heteroatoms. The molecule has 0 saturated carbocycles. The number of aromatic nitrogens is 2. The lowest BCUT2D eigenvalue weighted by molar-refractivity contribution is -0.125. The van der Waals surface area contributed by atoms with E-state index in [1.807, 2.05) is 30.5 Å². The van der Waals surface area contributed by atoms with Crippen molar-refractivity contribution in [3.05, 3.63) is 53.6 Å². The number of aliphatic hydroxyl groups is 2. The second-order valence-electron chi connectivity index (χ2n) is 6.19. The van der Waals surface area contributed by atoms with Crippen LogP contribution in [0, 0.1) is 0 Å². The average molecular weight is 395 g/mol. The van der Waals surface area contributed by atoms with Crippen molar-refractivity contribution in [3.8, 4) is 10.6 Å². The van der Waals surface area contributed by atoms with Crippen LogP contribution in [0.15, 0.2) is 47.5 Å². The molecular weight excluding hydrogens is 378 g/mol. The molecule has 28 heavy (non-hydrogen) atoms. The molecule has 1 aromatic heterocycles. The predicted molar refractivity (Wildman–Crippen MR) is 108 cm³/mol. The maximum absolute atomic E-state index is 11.7. The average Bonchev–Trinajstić information content (AvgIpc) is 3.36. The number of fused-ring (bicyclic) bond motifs is 1. The number of amides is 1. The van der Waals surface area contributed by atoms with Gasteiger partial charge in [-0.15, -0.1) is 10.2 Å². The minimum absolute atomic E-state index is 0.498. The van der Waals surface area contributed by atoms with Crippen LogP contribution in [0.3, 0.4) is 0 Å². The van der Waals surface area contributed by atoms with E-state index in [1.54, 1.807) is 18.2 Å².